The first-order valence-corrected chi connectivity index (χ1v) is 11.7. The fraction of sp³-hybridized carbons (Fsp3) is 0.462. The number of carbonyl (C=O) groups is 2. The monoisotopic (exact) mass is 466 g/mol. The summed E-state index contributed by atoms with van der Waals surface area (Å²) in [5.74, 6) is -0.853. The second-order valence-electron chi connectivity index (χ2n) is 9.20. The van der Waals surface area contributed by atoms with Gasteiger partial charge in [-0.2, -0.15) is 0 Å². The zero-order chi connectivity index (χ0) is 23.1. The van der Waals surface area contributed by atoms with Gasteiger partial charge in [0, 0.05) is 12.8 Å². The Labute approximate surface area is 197 Å². The quantitative estimate of drug-likeness (QED) is 0.431. The van der Waals surface area contributed by atoms with E-state index in [4.69, 9.17) is 28.4 Å². The lowest BCUT2D eigenvalue weighted by Gasteiger charge is -2.17. The van der Waals surface area contributed by atoms with Crippen LogP contribution in [0.3, 0.4) is 0 Å². The maximum absolute atomic E-state index is 12.6. The highest BCUT2D eigenvalue weighted by molar-refractivity contribution is 5.90. The molecule has 4 aliphatic heterocycles. The van der Waals surface area contributed by atoms with E-state index in [1.165, 1.54) is 0 Å². The highest BCUT2D eigenvalue weighted by atomic mass is 16.7. The number of carbonyl (C=O) groups excluding carboxylic acids is 2. The number of benzene rings is 2. The standard InChI is InChI=1S/C26H26O8/c27-25(17-5-1-15(2-6-17)9-19-11-29-19)33-21-13-31-24-22(14-32-23(21)24)34-26(28)18-7-3-16(4-8-18)10-20-12-30-20/h1-8,19-24H,9-14H2/t19?,20?,21-,22+,23-,24-/m1/s1. The van der Waals surface area contributed by atoms with Gasteiger partial charge in [-0.1, -0.05) is 24.3 Å². The van der Waals surface area contributed by atoms with Crippen LogP contribution in [0.4, 0.5) is 0 Å². The summed E-state index contributed by atoms with van der Waals surface area (Å²) in [6.07, 6.45) is 0.270. The van der Waals surface area contributed by atoms with Gasteiger partial charge >= 0.3 is 11.9 Å². The van der Waals surface area contributed by atoms with Crippen LogP contribution in [0.1, 0.15) is 31.8 Å². The molecule has 0 saturated carbocycles. The Bertz CT molecular complexity index is 956. The fourth-order valence-electron chi connectivity index (χ4n) is 4.49. The Morgan fingerprint density at radius 2 is 1.00 bits per heavy atom. The molecule has 178 valence electrons. The van der Waals surface area contributed by atoms with Crippen molar-refractivity contribution in [3.63, 3.8) is 0 Å². The second kappa shape index (κ2) is 9.11. The van der Waals surface area contributed by atoms with Crippen molar-refractivity contribution in [2.45, 2.75) is 49.5 Å². The van der Waals surface area contributed by atoms with E-state index >= 15 is 0 Å². The minimum Gasteiger partial charge on any atom is -0.453 e. The van der Waals surface area contributed by atoms with Crippen molar-refractivity contribution >= 4 is 11.9 Å². The van der Waals surface area contributed by atoms with Crippen LogP contribution >= 0.6 is 0 Å². The smallest absolute Gasteiger partial charge is 0.338 e. The van der Waals surface area contributed by atoms with E-state index in [0.717, 1.165) is 37.2 Å². The van der Waals surface area contributed by atoms with Gasteiger partial charge in [-0.05, 0) is 35.4 Å². The average Bonchev–Trinajstić information content (AvgIpc) is 3.77. The molecule has 4 aliphatic rings. The summed E-state index contributed by atoms with van der Waals surface area (Å²) in [7, 11) is 0. The number of hydrogen-bond donors (Lipinski definition) is 0. The van der Waals surface area contributed by atoms with Crippen LogP contribution in [0.2, 0.25) is 0 Å². The number of esters is 2. The zero-order valence-electron chi connectivity index (χ0n) is 18.6. The molecule has 4 heterocycles. The van der Waals surface area contributed by atoms with Crippen molar-refractivity contribution in [1.82, 2.24) is 0 Å². The van der Waals surface area contributed by atoms with E-state index in [0.29, 0.717) is 23.3 Å². The first kappa shape index (κ1) is 21.7. The first-order valence-electron chi connectivity index (χ1n) is 11.7. The molecule has 0 radical (unpaired) electrons. The third-order valence-electron chi connectivity index (χ3n) is 6.59. The third kappa shape index (κ3) is 4.86. The molecule has 0 aromatic heterocycles. The van der Waals surface area contributed by atoms with Crippen molar-refractivity contribution in [3.8, 4) is 0 Å². The van der Waals surface area contributed by atoms with Gasteiger partial charge in [0.15, 0.2) is 12.2 Å². The maximum Gasteiger partial charge on any atom is 0.338 e. The maximum atomic E-state index is 12.6. The molecule has 0 aliphatic carbocycles. The van der Waals surface area contributed by atoms with E-state index in [9.17, 15) is 9.59 Å². The van der Waals surface area contributed by atoms with Gasteiger partial charge in [-0.15, -0.1) is 0 Å². The third-order valence-corrected chi connectivity index (χ3v) is 6.59. The number of epoxide rings is 2. The van der Waals surface area contributed by atoms with Gasteiger partial charge in [0.25, 0.3) is 0 Å². The van der Waals surface area contributed by atoms with E-state index in [2.05, 4.69) is 0 Å². The number of ether oxygens (including phenoxy) is 6. The van der Waals surface area contributed by atoms with Crippen molar-refractivity contribution in [2.75, 3.05) is 26.4 Å². The van der Waals surface area contributed by atoms with Crippen LogP contribution < -0.4 is 0 Å². The minimum atomic E-state index is -0.551. The van der Waals surface area contributed by atoms with Crippen molar-refractivity contribution in [3.05, 3.63) is 70.8 Å². The Morgan fingerprint density at radius 3 is 1.35 bits per heavy atom. The van der Waals surface area contributed by atoms with E-state index in [-0.39, 0.29) is 13.2 Å². The van der Waals surface area contributed by atoms with Crippen molar-refractivity contribution < 1.29 is 38.0 Å². The largest absolute Gasteiger partial charge is 0.453 e. The van der Waals surface area contributed by atoms with Gasteiger partial charge in [-0.3, -0.25) is 0 Å². The molecule has 2 aromatic carbocycles. The molecule has 2 aromatic rings. The van der Waals surface area contributed by atoms with Gasteiger partial charge < -0.3 is 28.4 Å². The minimum absolute atomic E-state index is 0.199. The van der Waals surface area contributed by atoms with Gasteiger partial charge in [0.2, 0.25) is 0 Å². The molecule has 4 saturated heterocycles. The summed E-state index contributed by atoms with van der Waals surface area (Å²) in [6, 6.07) is 14.7. The van der Waals surface area contributed by atoms with Crippen LogP contribution in [0.25, 0.3) is 0 Å². The molecule has 34 heavy (non-hydrogen) atoms. The number of hydrogen-bond acceptors (Lipinski definition) is 8. The second-order valence-corrected chi connectivity index (χ2v) is 9.20. The Balaban J connectivity index is 1.02. The number of rotatable bonds is 8. The van der Waals surface area contributed by atoms with Gasteiger partial charge in [0.1, 0.15) is 12.2 Å². The predicted octanol–water partition coefficient (Wildman–Crippen LogP) is 2.12. The van der Waals surface area contributed by atoms with Crippen LogP contribution in [-0.2, 0) is 41.3 Å². The SMILES string of the molecule is O=C(O[C@H]1CO[C@H]2[C@@H]1OC[C@H]2OC(=O)c1ccc(CC2CO2)cc1)c1ccc(CC2CO2)cc1. The van der Waals surface area contributed by atoms with Crippen LogP contribution in [-0.4, -0.2) is 75.0 Å². The molecule has 8 heteroatoms. The Kier molecular flexibility index (Phi) is 5.82. The van der Waals surface area contributed by atoms with E-state index < -0.39 is 36.4 Å². The summed E-state index contributed by atoms with van der Waals surface area (Å²) in [5.41, 5.74) is 3.19. The first-order chi connectivity index (χ1) is 16.6. The Hall–Kier alpha value is -2.78. The molecule has 6 atom stereocenters. The molecular weight excluding hydrogens is 440 g/mol. The summed E-state index contributed by atoms with van der Waals surface area (Å²) in [5, 5.41) is 0. The van der Waals surface area contributed by atoms with Crippen LogP contribution in [0.15, 0.2) is 48.5 Å². The van der Waals surface area contributed by atoms with Crippen LogP contribution in [0.5, 0.6) is 0 Å². The molecular formula is C26H26O8. The highest BCUT2D eigenvalue weighted by Gasteiger charge is 2.51. The lowest BCUT2D eigenvalue weighted by molar-refractivity contribution is -0.0287. The van der Waals surface area contributed by atoms with E-state index in [1.54, 1.807) is 24.3 Å². The van der Waals surface area contributed by atoms with E-state index in [1.807, 2.05) is 24.3 Å². The molecule has 6 rings (SSSR count). The average molecular weight is 466 g/mol. The molecule has 0 spiro atoms. The van der Waals surface area contributed by atoms with Crippen LogP contribution in [0, 0.1) is 0 Å². The lowest BCUT2D eigenvalue weighted by Crippen LogP contribution is -2.36. The molecule has 8 nitrogen and oxygen atoms in total. The summed E-state index contributed by atoms with van der Waals surface area (Å²) in [6.45, 7) is 1.99. The molecule has 0 N–H and O–H groups in total. The fourth-order valence-corrected chi connectivity index (χ4v) is 4.49. The summed E-state index contributed by atoms with van der Waals surface area (Å²) >= 11 is 0. The van der Waals surface area contributed by atoms with Crippen molar-refractivity contribution in [2.24, 2.45) is 0 Å². The van der Waals surface area contributed by atoms with Crippen molar-refractivity contribution in [1.29, 1.82) is 0 Å². The zero-order valence-corrected chi connectivity index (χ0v) is 18.6. The summed E-state index contributed by atoms with van der Waals surface area (Å²) in [4.78, 5) is 25.3. The molecule has 4 fully saturated rings. The van der Waals surface area contributed by atoms with Gasteiger partial charge in [-0.25, -0.2) is 9.59 Å². The predicted molar refractivity (Wildman–Crippen MR) is 118 cm³/mol. The topological polar surface area (TPSA) is 96.1 Å². The molecule has 0 amide bonds. The normalized spacial score (nSPS) is 31.1. The summed E-state index contributed by atoms with van der Waals surface area (Å²) < 4.78 is 33.4. The highest BCUT2D eigenvalue weighted by Crippen LogP contribution is 2.31. The lowest BCUT2D eigenvalue weighted by atomic mass is 10.1. The molecule has 2 unspecified atom stereocenters. The Morgan fingerprint density at radius 1 is 0.618 bits per heavy atom. The number of fused-ring (bicyclic) bond motifs is 1. The van der Waals surface area contributed by atoms with Gasteiger partial charge in [0.05, 0.1) is 49.8 Å². The molecule has 0 bridgehead atoms.